The van der Waals surface area contributed by atoms with Crippen molar-refractivity contribution < 1.29 is 5.11 Å². The molecule has 1 saturated heterocycles. The summed E-state index contributed by atoms with van der Waals surface area (Å²) in [4.78, 5) is 0. The van der Waals surface area contributed by atoms with E-state index < -0.39 is 5.60 Å². The minimum atomic E-state index is -0.576. The molecule has 1 N–H and O–H groups in total. The van der Waals surface area contributed by atoms with Gasteiger partial charge in [0.2, 0.25) is 0 Å². The van der Waals surface area contributed by atoms with Gasteiger partial charge in [-0.3, -0.25) is 4.68 Å². The van der Waals surface area contributed by atoms with Gasteiger partial charge in [0, 0.05) is 18.7 Å². The van der Waals surface area contributed by atoms with Crippen LogP contribution >= 0.6 is 27.7 Å². The van der Waals surface area contributed by atoms with Crippen LogP contribution < -0.4 is 0 Å². The van der Waals surface area contributed by atoms with Crippen LogP contribution in [-0.2, 0) is 13.5 Å². The summed E-state index contributed by atoms with van der Waals surface area (Å²) in [6.07, 6.45) is 1.55. The van der Waals surface area contributed by atoms with Gasteiger partial charge in [-0.1, -0.05) is 6.92 Å². The largest absolute Gasteiger partial charge is 0.388 e. The first-order chi connectivity index (χ1) is 7.44. The van der Waals surface area contributed by atoms with Gasteiger partial charge in [0.1, 0.15) is 0 Å². The fraction of sp³-hybridized carbons (Fsp3) is 0.727. The van der Waals surface area contributed by atoms with Crippen molar-refractivity contribution in [3.63, 3.8) is 0 Å². The summed E-state index contributed by atoms with van der Waals surface area (Å²) < 4.78 is 2.90. The van der Waals surface area contributed by atoms with Crippen molar-refractivity contribution in [3.05, 3.63) is 15.9 Å². The second-order valence-corrected chi connectivity index (χ2v) is 6.75. The van der Waals surface area contributed by atoms with E-state index in [1.807, 2.05) is 30.4 Å². The van der Waals surface area contributed by atoms with Crippen molar-refractivity contribution in [3.8, 4) is 0 Å². The van der Waals surface area contributed by atoms with E-state index in [0.717, 1.165) is 28.0 Å². The van der Waals surface area contributed by atoms with Crippen LogP contribution in [0.1, 0.15) is 24.7 Å². The van der Waals surface area contributed by atoms with E-state index in [9.17, 15) is 5.11 Å². The summed E-state index contributed by atoms with van der Waals surface area (Å²) in [5, 5.41) is 15.2. The maximum Gasteiger partial charge on any atom is 0.0826 e. The molecule has 0 aromatic carbocycles. The Hall–Kier alpha value is -0.000000000000000111. The summed E-state index contributed by atoms with van der Waals surface area (Å²) in [5.41, 5.74) is 1.50. The van der Waals surface area contributed by atoms with E-state index in [1.54, 1.807) is 0 Å². The SMILES string of the molecule is Cc1nn(C)c(CC2(O)CCSC2C)c1Br. The molecular formula is C11H17BrN2OS. The maximum atomic E-state index is 10.6. The minimum Gasteiger partial charge on any atom is -0.388 e. The van der Waals surface area contributed by atoms with Gasteiger partial charge in [-0.25, -0.2) is 0 Å². The fourth-order valence-electron chi connectivity index (χ4n) is 2.17. The Balaban J connectivity index is 2.26. The molecule has 5 heteroatoms. The molecule has 1 aliphatic heterocycles. The molecule has 1 aromatic heterocycles. The highest BCUT2D eigenvalue weighted by molar-refractivity contribution is 9.10. The van der Waals surface area contributed by atoms with Gasteiger partial charge < -0.3 is 5.11 Å². The lowest BCUT2D eigenvalue weighted by atomic mass is 9.91. The second-order valence-electron chi connectivity index (χ2n) is 4.51. The fourth-order valence-corrected chi connectivity index (χ4v) is 3.98. The molecule has 0 amide bonds. The van der Waals surface area contributed by atoms with Gasteiger partial charge in [0.25, 0.3) is 0 Å². The number of aryl methyl sites for hydroxylation is 2. The molecule has 90 valence electrons. The first-order valence-electron chi connectivity index (χ1n) is 5.46. The average Bonchev–Trinajstić information content (AvgIpc) is 2.64. The standard InChI is InChI=1S/C11H17BrN2OS/c1-7-10(12)9(14(3)13-7)6-11(15)4-5-16-8(11)2/h8,15H,4-6H2,1-3H3. The molecule has 3 nitrogen and oxygen atoms in total. The molecule has 0 radical (unpaired) electrons. The number of halogens is 1. The first kappa shape index (κ1) is 12.5. The highest BCUT2D eigenvalue weighted by atomic mass is 79.9. The van der Waals surface area contributed by atoms with Crippen molar-refractivity contribution in [1.29, 1.82) is 0 Å². The number of hydrogen-bond acceptors (Lipinski definition) is 3. The molecule has 2 heterocycles. The molecule has 0 aliphatic carbocycles. The Morgan fingerprint density at radius 3 is 2.81 bits per heavy atom. The lowest BCUT2D eigenvalue weighted by molar-refractivity contribution is 0.0444. The van der Waals surface area contributed by atoms with E-state index in [1.165, 1.54) is 0 Å². The van der Waals surface area contributed by atoms with E-state index in [4.69, 9.17) is 0 Å². The first-order valence-corrected chi connectivity index (χ1v) is 7.30. The molecule has 1 aliphatic rings. The van der Waals surface area contributed by atoms with Crippen LogP contribution in [0.2, 0.25) is 0 Å². The minimum absolute atomic E-state index is 0.301. The number of thioether (sulfide) groups is 1. The Kier molecular flexibility index (Phi) is 3.39. The van der Waals surface area contributed by atoms with Crippen LogP contribution in [0.15, 0.2) is 4.47 Å². The third-order valence-electron chi connectivity index (χ3n) is 3.39. The molecule has 1 fully saturated rings. The lowest BCUT2D eigenvalue weighted by Gasteiger charge is -2.26. The summed E-state index contributed by atoms with van der Waals surface area (Å²) in [5.74, 6) is 1.05. The van der Waals surface area contributed by atoms with Crippen LogP contribution in [0.4, 0.5) is 0 Å². The third kappa shape index (κ3) is 2.05. The topological polar surface area (TPSA) is 38.0 Å². The molecule has 2 atom stereocenters. The number of rotatable bonds is 2. The zero-order valence-electron chi connectivity index (χ0n) is 9.83. The zero-order valence-corrected chi connectivity index (χ0v) is 12.2. The van der Waals surface area contributed by atoms with Crippen molar-refractivity contribution >= 4 is 27.7 Å². The van der Waals surface area contributed by atoms with Crippen molar-refractivity contribution in [2.24, 2.45) is 7.05 Å². The van der Waals surface area contributed by atoms with E-state index in [-0.39, 0.29) is 0 Å². The van der Waals surface area contributed by atoms with Crippen LogP contribution in [0, 0.1) is 6.92 Å². The van der Waals surface area contributed by atoms with Gasteiger partial charge in [0.15, 0.2) is 0 Å². The Labute approximate surface area is 109 Å². The van der Waals surface area contributed by atoms with E-state index >= 15 is 0 Å². The number of nitrogens with zero attached hydrogens (tertiary/aromatic N) is 2. The quantitative estimate of drug-likeness (QED) is 0.911. The summed E-state index contributed by atoms with van der Waals surface area (Å²) >= 11 is 5.40. The predicted molar refractivity (Wildman–Crippen MR) is 70.8 cm³/mol. The highest BCUT2D eigenvalue weighted by Gasteiger charge is 2.40. The normalized spacial score (nSPS) is 29.9. The number of aliphatic hydroxyl groups is 1. The molecule has 1 aromatic rings. The number of aromatic nitrogens is 2. The second kappa shape index (κ2) is 4.35. The smallest absolute Gasteiger partial charge is 0.0826 e. The maximum absolute atomic E-state index is 10.6. The van der Waals surface area contributed by atoms with Crippen LogP contribution in [-0.4, -0.2) is 31.5 Å². The zero-order chi connectivity index (χ0) is 11.9. The molecule has 2 unspecified atom stereocenters. The summed E-state index contributed by atoms with van der Waals surface area (Å²) in [7, 11) is 1.93. The summed E-state index contributed by atoms with van der Waals surface area (Å²) in [6.45, 7) is 4.08. The lowest BCUT2D eigenvalue weighted by Crippen LogP contribution is -2.37. The molecule has 0 saturated carbocycles. The van der Waals surface area contributed by atoms with Gasteiger partial charge in [-0.2, -0.15) is 16.9 Å². The van der Waals surface area contributed by atoms with Crippen LogP contribution in [0.5, 0.6) is 0 Å². The van der Waals surface area contributed by atoms with E-state index in [0.29, 0.717) is 11.7 Å². The van der Waals surface area contributed by atoms with Crippen LogP contribution in [0.3, 0.4) is 0 Å². The Morgan fingerprint density at radius 2 is 2.38 bits per heavy atom. The molecular weight excluding hydrogens is 288 g/mol. The highest BCUT2D eigenvalue weighted by Crippen LogP contribution is 2.39. The monoisotopic (exact) mass is 304 g/mol. The molecule has 0 spiro atoms. The average molecular weight is 305 g/mol. The summed E-state index contributed by atoms with van der Waals surface area (Å²) in [6, 6.07) is 0. The van der Waals surface area contributed by atoms with Crippen LogP contribution in [0.25, 0.3) is 0 Å². The molecule has 16 heavy (non-hydrogen) atoms. The predicted octanol–water partition coefficient (Wildman–Crippen LogP) is 2.29. The van der Waals surface area contributed by atoms with E-state index in [2.05, 4.69) is 28.0 Å². The van der Waals surface area contributed by atoms with Crippen molar-refractivity contribution in [2.45, 2.75) is 37.5 Å². The Morgan fingerprint density at radius 1 is 1.69 bits per heavy atom. The van der Waals surface area contributed by atoms with Crippen molar-refractivity contribution in [2.75, 3.05) is 5.75 Å². The molecule has 2 rings (SSSR count). The van der Waals surface area contributed by atoms with Gasteiger partial charge >= 0.3 is 0 Å². The Bertz CT molecular complexity index is 407. The van der Waals surface area contributed by atoms with Crippen molar-refractivity contribution in [1.82, 2.24) is 9.78 Å². The third-order valence-corrected chi connectivity index (χ3v) is 5.80. The van der Waals surface area contributed by atoms with Gasteiger partial charge in [0.05, 0.1) is 21.5 Å². The van der Waals surface area contributed by atoms with Gasteiger partial charge in [-0.05, 0) is 35.0 Å². The van der Waals surface area contributed by atoms with Gasteiger partial charge in [-0.15, -0.1) is 0 Å². The number of hydrogen-bond donors (Lipinski definition) is 1. The molecule has 0 bridgehead atoms.